The summed E-state index contributed by atoms with van der Waals surface area (Å²) in [5.41, 5.74) is 6.03. The van der Waals surface area contributed by atoms with Gasteiger partial charge >= 0.3 is 0 Å². The van der Waals surface area contributed by atoms with E-state index in [4.69, 9.17) is 11.0 Å². The summed E-state index contributed by atoms with van der Waals surface area (Å²) in [5.74, 6) is -0.0617. The topological polar surface area (TPSA) is 94.2 Å². The first-order valence-electron chi connectivity index (χ1n) is 8.12. The number of hydrogen-bond donors (Lipinski definition) is 3. The molecule has 6 nitrogen and oxygen atoms in total. The fraction of sp³-hybridized carbons (Fsp3) is 0.867. The summed E-state index contributed by atoms with van der Waals surface area (Å²) in [6, 6.07) is 1.99. The molecule has 118 valence electrons. The molecule has 0 aromatic heterocycles. The monoisotopic (exact) mass is 293 g/mol. The van der Waals surface area contributed by atoms with Crippen LogP contribution in [0.2, 0.25) is 0 Å². The number of nitrogens with one attached hydrogen (secondary N) is 2. The van der Waals surface area contributed by atoms with Gasteiger partial charge in [0.15, 0.2) is 0 Å². The Labute approximate surface area is 127 Å². The van der Waals surface area contributed by atoms with Gasteiger partial charge in [0, 0.05) is 12.6 Å². The van der Waals surface area contributed by atoms with E-state index < -0.39 is 6.04 Å². The third kappa shape index (κ3) is 4.67. The van der Waals surface area contributed by atoms with Gasteiger partial charge in [0.05, 0.1) is 12.1 Å². The summed E-state index contributed by atoms with van der Waals surface area (Å²) < 4.78 is 0. The molecule has 0 radical (unpaired) electrons. The van der Waals surface area contributed by atoms with Gasteiger partial charge in [-0.15, -0.1) is 0 Å². The molecule has 0 aromatic carbocycles. The zero-order chi connectivity index (χ0) is 15.1. The van der Waals surface area contributed by atoms with Crippen molar-refractivity contribution in [2.24, 2.45) is 5.73 Å². The molecule has 2 rings (SSSR count). The van der Waals surface area contributed by atoms with Gasteiger partial charge in [-0.1, -0.05) is 0 Å². The third-order valence-corrected chi connectivity index (χ3v) is 4.48. The summed E-state index contributed by atoms with van der Waals surface area (Å²) in [7, 11) is 0. The molecule has 2 fully saturated rings. The Balaban J connectivity index is 1.72. The van der Waals surface area contributed by atoms with Crippen LogP contribution < -0.4 is 16.4 Å². The van der Waals surface area contributed by atoms with Crippen LogP contribution in [0.25, 0.3) is 0 Å². The van der Waals surface area contributed by atoms with Gasteiger partial charge < -0.3 is 21.3 Å². The van der Waals surface area contributed by atoms with Crippen LogP contribution in [0.5, 0.6) is 0 Å². The number of amides is 1. The maximum Gasteiger partial charge on any atom is 0.240 e. The van der Waals surface area contributed by atoms with Gasteiger partial charge in [-0.25, -0.2) is 0 Å². The smallest absolute Gasteiger partial charge is 0.240 e. The second-order valence-corrected chi connectivity index (χ2v) is 6.05. The minimum atomic E-state index is -0.492. The lowest BCUT2D eigenvalue weighted by Gasteiger charge is -2.33. The molecule has 1 amide bonds. The molecule has 2 saturated heterocycles. The van der Waals surface area contributed by atoms with Crippen molar-refractivity contribution in [1.82, 2.24) is 15.5 Å². The fourth-order valence-corrected chi connectivity index (χ4v) is 3.14. The van der Waals surface area contributed by atoms with Crippen LogP contribution in [0.3, 0.4) is 0 Å². The largest absolute Gasteiger partial charge is 0.325 e. The fourth-order valence-electron chi connectivity index (χ4n) is 3.14. The molecule has 4 N–H and O–H groups in total. The van der Waals surface area contributed by atoms with Crippen molar-refractivity contribution in [2.75, 3.05) is 26.2 Å². The molecule has 2 unspecified atom stereocenters. The average molecular weight is 293 g/mol. The van der Waals surface area contributed by atoms with Crippen LogP contribution in [0.1, 0.15) is 38.5 Å². The number of nitrogens with zero attached hydrogens (tertiary/aromatic N) is 2. The number of piperidine rings is 2. The van der Waals surface area contributed by atoms with Gasteiger partial charge in [-0.2, -0.15) is 5.26 Å². The van der Waals surface area contributed by atoms with E-state index in [1.54, 1.807) is 4.90 Å². The summed E-state index contributed by atoms with van der Waals surface area (Å²) in [5, 5.41) is 15.9. The van der Waals surface area contributed by atoms with E-state index in [0.717, 1.165) is 51.7 Å². The minimum Gasteiger partial charge on any atom is -0.325 e. The standard InChI is InChI=1S/C15H27N5O/c16-11-13-3-1-2-10-20(13)15(21)14(17)6-9-19-12-4-7-18-8-5-12/h12-14,18-19H,1-10,17H2. The van der Waals surface area contributed by atoms with Gasteiger partial charge in [0.2, 0.25) is 5.91 Å². The molecule has 0 spiro atoms. The Kier molecular flexibility index (Phi) is 6.43. The van der Waals surface area contributed by atoms with Crippen molar-refractivity contribution in [3.63, 3.8) is 0 Å². The highest BCUT2D eigenvalue weighted by molar-refractivity contribution is 5.82. The molecule has 0 aliphatic carbocycles. The molecule has 21 heavy (non-hydrogen) atoms. The minimum absolute atomic E-state index is 0.0617. The zero-order valence-electron chi connectivity index (χ0n) is 12.7. The second kappa shape index (κ2) is 8.32. The van der Waals surface area contributed by atoms with Crippen molar-refractivity contribution in [1.29, 1.82) is 5.26 Å². The first-order valence-corrected chi connectivity index (χ1v) is 8.12. The lowest BCUT2D eigenvalue weighted by molar-refractivity contribution is -0.135. The Morgan fingerprint density at radius 2 is 2.14 bits per heavy atom. The third-order valence-electron chi connectivity index (χ3n) is 4.48. The van der Waals surface area contributed by atoms with E-state index in [-0.39, 0.29) is 11.9 Å². The number of hydrogen-bond acceptors (Lipinski definition) is 5. The highest BCUT2D eigenvalue weighted by Gasteiger charge is 2.29. The number of nitriles is 1. The summed E-state index contributed by atoms with van der Waals surface area (Å²) in [6.07, 6.45) is 5.68. The Bertz CT molecular complexity index is 375. The lowest BCUT2D eigenvalue weighted by Crippen LogP contribution is -2.51. The Morgan fingerprint density at radius 3 is 2.86 bits per heavy atom. The number of carbonyl (C=O) groups is 1. The van der Waals surface area contributed by atoms with Crippen LogP contribution in [-0.2, 0) is 4.79 Å². The maximum absolute atomic E-state index is 12.4. The van der Waals surface area contributed by atoms with E-state index in [1.165, 1.54) is 0 Å². The van der Waals surface area contributed by atoms with Crippen LogP contribution >= 0.6 is 0 Å². The molecule has 6 heteroatoms. The van der Waals surface area contributed by atoms with E-state index in [1.807, 2.05) is 0 Å². The number of carbonyl (C=O) groups excluding carboxylic acids is 1. The van der Waals surface area contributed by atoms with E-state index in [2.05, 4.69) is 16.7 Å². The highest BCUT2D eigenvalue weighted by atomic mass is 16.2. The molecule has 0 aromatic rings. The molecule has 0 bridgehead atoms. The summed E-state index contributed by atoms with van der Waals surface area (Å²) in [6.45, 7) is 3.55. The van der Waals surface area contributed by atoms with Gasteiger partial charge in [-0.05, 0) is 58.2 Å². The molecule has 2 aliphatic heterocycles. The van der Waals surface area contributed by atoms with Crippen molar-refractivity contribution in [3.05, 3.63) is 0 Å². The van der Waals surface area contributed by atoms with Crippen LogP contribution in [0, 0.1) is 11.3 Å². The predicted molar refractivity (Wildman–Crippen MR) is 81.5 cm³/mol. The summed E-state index contributed by atoms with van der Waals surface area (Å²) >= 11 is 0. The summed E-state index contributed by atoms with van der Waals surface area (Å²) in [4.78, 5) is 14.0. The molecule has 2 heterocycles. The maximum atomic E-state index is 12.4. The Morgan fingerprint density at radius 1 is 1.38 bits per heavy atom. The van der Waals surface area contributed by atoms with Crippen molar-refractivity contribution in [3.8, 4) is 6.07 Å². The van der Waals surface area contributed by atoms with Gasteiger partial charge in [-0.3, -0.25) is 4.79 Å². The molecule has 0 saturated carbocycles. The number of nitrogens with two attached hydrogens (primary N) is 1. The van der Waals surface area contributed by atoms with Crippen molar-refractivity contribution >= 4 is 5.91 Å². The predicted octanol–water partition coefficient (Wildman–Crippen LogP) is -0.0499. The lowest BCUT2D eigenvalue weighted by atomic mass is 10.0. The van der Waals surface area contributed by atoms with Crippen LogP contribution in [-0.4, -0.2) is 55.1 Å². The normalized spacial score (nSPS) is 25.3. The zero-order valence-corrected chi connectivity index (χ0v) is 12.7. The quantitative estimate of drug-likeness (QED) is 0.661. The van der Waals surface area contributed by atoms with Crippen molar-refractivity contribution < 1.29 is 4.79 Å². The first kappa shape index (κ1) is 16.2. The van der Waals surface area contributed by atoms with Gasteiger partial charge in [0.25, 0.3) is 0 Å². The van der Waals surface area contributed by atoms with E-state index in [0.29, 0.717) is 19.0 Å². The number of rotatable bonds is 5. The van der Waals surface area contributed by atoms with Crippen LogP contribution in [0.4, 0.5) is 0 Å². The molecule has 2 aliphatic rings. The van der Waals surface area contributed by atoms with Gasteiger partial charge in [0.1, 0.15) is 6.04 Å². The van der Waals surface area contributed by atoms with E-state index in [9.17, 15) is 4.79 Å². The second-order valence-electron chi connectivity index (χ2n) is 6.05. The van der Waals surface area contributed by atoms with Crippen LogP contribution in [0.15, 0.2) is 0 Å². The van der Waals surface area contributed by atoms with E-state index >= 15 is 0 Å². The molecular formula is C15H27N5O. The highest BCUT2D eigenvalue weighted by Crippen LogP contribution is 2.17. The number of likely N-dealkylation sites (tertiary alicyclic amines) is 1. The van der Waals surface area contributed by atoms with Crippen molar-refractivity contribution in [2.45, 2.75) is 56.7 Å². The Hall–Kier alpha value is -1.16. The molecule has 2 atom stereocenters. The first-order chi connectivity index (χ1) is 10.2. The average Bonchev–Trinajstić information content (AvgIpc) is 2.55. The molecular weight excluding hydrogens is 266 g/mol. The SMILES string of the molecule is N#CC1CCCCN1C(=O)C(N)CCNC1CCNCC1.